The van der Waals surface area contributed by atoms with Crippen LogP contribution in [-0.4, -0.2) is 56.5 Å². The summed E-state index contributed by atoms with van der Waals surface area (Å²) < 4.78 is 10.7. The third-order valence-electron chi connectivity index (χ3n) is 5.04. The Labute approximate surface area is 162 Å². The topological polar surface area (TPSA) is 37.3 Å². The molecule has 5 nitrogen and oxygen atoms in total. The zero-order valence-electron chi connectivity index (χ0n) is 16.7. The van der Waals surface area contributed by atoms with E-state index in [4.69, 9.17) is 9.47 Å². The minimum absolute atomic E-state index is 0.799. The molecule has 0 aliphatic carbocycles. The summed E-state index contributed by atoms with van der Waals surface area (Å²) in [6.45, 7) is 9.23. The van der Waals surface area contributed by atoms with Crippen LogP contribution < -0.4 is 9.47 Å². The van der Waals surface area contributed by atoms with E-state index in [-0.39, 0.29) is 0 Å². The molecule has 0 unspecified atom stereocenters. The lowest BCUT2D eigenvalue weighted by Gasteiger charge is -2.33. The Kier molecular flexibility index (Phi) is 6.35. The number of nitrogens with zero attached hydrogens (tertiary/aromatic N) is 3. The lowest BCUT2D eigenvalue weighted by molar-refractivity contribution is 0.131. The monoisotopic (exact) mass is 367 g/mol. The fourth-order valence-corrected chi connectivity index (χ4v) is 3.36. The van der Waals surface area contributed by atoms with E-state index in [2.05, 4.69) is 47.1 Å². The molecule has 0 amide bonds. The van der Waals surface area contributed by atoms with Gasteiger partial charge in [0.15, 0.2) is 0 Å². The van der Waals surface area contributed by atoms with Gasteiger partial charge in [0.1, 0.15) is 11.5 Å². The molecular formula is C22H29N3O2. The van der Waals surface area contributed by atoms with Crippen molar-refractivity contribution < 1.29 is 9.47 Å². The summed E-state index contributed by atoms with van der Waals surface area (Å²) >= 11 is 0. The van der Waals surface area contributed by atoms with Gasteiger partial charge in [0, 0.05) is 38.3 Å². The molecule has 144 valence electrons. The Hall–Kier alpha value is -2.53. The molecule has 27 heavy (non-hydrogen) atoms. The Morgan fingerprint density at radius 2 is 1.74 bits per heavy atom. The van der Waals surface area contributed by atoms with Crippen molar-refractivity contribution in [3.8, 4) is 11.5 Å². The predicted molar refractivity (Wildman–Crippen MR) is 110 cm³/mol. The quantitative estimate of drug-likeness (QED) is 0.733. The number of rotatable bonds is 6. The molecule has 3 rings (SSSR count). The van der Waals surface area contributed by atoms with Crippen LogP contribution in [0.25, 0.3) is 0 Å². The van der Waals surface area contributed by atoms with Crippen LogP contribution in [0, 0.1) is 13.8 Å². The van der Waals surface area contributed by atoms with Crippen molar-refractivity contribution in [2.24, 2.45) is 5.10 Å². The van der Waals surface area contributed by atoms with Crippen LogP contribution in [0.4, 0.5) is 0 Å². The molecule has 2 aromatic carbocycles. The predicted octanol–water partition coefficient (Wildman–Crippen LogP) is 3.47. The van der Waals surface area contributed by atoms with Gasteiger partial charge in [-0.05, 0) is 43.2 Å². The fraction of sp³-hybridized carbons (Fsp3) is 0.409. The second-order valence-corrected chi connectivity index (χ2v) is 7.01. The Morgan fingerprint density at radius 1 is 0.963 bits per heavy atom. The summed E-state index contributed by atoms with van der Waals surface area (Å²) in [7, 11) is 3.34. The lowest BCUT2D eigenvalue weighted by Crippen LogP contribution is -2.43. The maximum Gasteiger partial charge on any atom is 0.127 e. The summed E-state index contributed by atoms with van der Waals surface area (Å²) in [5.74, 6) is 1.60. The van der Waals surface area contributed by atoms with E-state index in [1.165, 1.54) is 16.7 Å². The smallest absolute Gasteiger partial charge is 0.127 e. The highest BCUT2D eigenvalue weighted by molar-refractivity contribution is 5.84. The summed E-state index contributed by atoms with van der Waals surface area (Å²) in [6, 6.07) is 12.5. The second-order valence-electron chi connectivity index (χ2n) is 7.01. The minimum atomic E-state index is 0.799. The number of benzene rings is 2. The summed E-state index contributed by atoms with van der Waals surface area (Å²) in [6.07, 6.45) is 1.86. The van der Waals surface area contributed by atoms with Crippen LogP contribution in [0.3, 0.4) is 0 Å². The molecule has 0 radical (unpaired) electrons. The van der Waals surface area contributed by atoms with Gasteiger partial charge in [-0.2, -0.15) is 5.10 Å². The van der Waals surface area contributed by atoms with Gasteiger partial charge in [0.25, 0.3) is 0 Å². The Bertz CT molecular complexity index is 796. The highest BCUT2D eigenvalue weighted by Crippen LogP contribution is 2.22. The molecule has 1 aliphatic heterocycles. The number of methoxy groups -OCH3 is 2. The maximum atomic E-state index is 5.41. The van der Waals surface area contributed by atoms with E-state index in [1.807, 2.05) is 24.4 Å². The number of piperazine rings is 1. The zero-order valence-corrected chi connectivity index (χ0v) is 16.7. The van der Waals surface area contributed by atoms with Crippen molar-refractivity contribution in [3.63, 3.8) is 0 Å². The number of ether oxygens (including phenoxy) is 2. The first-order valence-electron chi connectivity index (χ1n) is 9.38. The fourth-order valence-electron chi connectivity index (χ4n) is 3.36. The van der Waals surface area contributed by atoms with Crippen LogP contribution in [0.5, 0.6) is 11.5 Å². The van der Waals surface area contributed by atoms with E-state index >= 15 is 0 Å². The van der Waals surface area contributed by atoms with Gasteiger partial charge < -0.3 is 9.47 Å². The van der Waals surface area contributed by atoms with Gasteiger partial charge in [0.2, 0.25) is 0 Å². The van der Waals surface area contributed by atoms with Gasteiger partial charge in [-0.25, -0.2) is 0 Å². The number of hydrazone groups is 1. The first-order chi connectivity index (χ1) is 13.1. The summed E-state index contributed by atoms with van der Waals surface area (Å²) in [4.78, 5) is 2.50. The molecule has 1 aliphatic rings. The highest BCUT2D eigenvalue weighted by atomic mass is 16.5. The maximum absolute atomic E-state index is 5.41. The Balaban J connectivity index is 1.57. The SMILES string of the molecule is COc1ccc(OC)c(/C=N/N2CCN(Cc3ccc(C)cc3C)CC2)c1. The average Bonchev–Trinajstić information content (AvgIpc) is 2.69. The zero-order chi connectivity index (χ0) is 19.2. The first-order valence-corrected chi connectivity index (χ1v) is 9.38. The molecule has 0 atom stereocenters. The van der Waals surface area contributed by atoms with Crippen molar-refractivity contribution >= 4 is 6.21 Å². The van der Waals surface area contributed by atoms with Crippen molar-refractivity contribution in [2.75, 3.05) is 40.4 Å². The number of aryl methyl sites for hydroxylation is 2. The normalized spacial score (nSPS) is 15.3. The van der Waals surface area contributed by atoms with Gasteiger partial charge in [-0.1, -0.05) is 23.8 Å². The molecule has 1 heterocycles. The van der Waals surface area contributed by atoms with Crippen LogP contribution in [0.15, 0.2) is 41.5 Å². The number of hydrogen-bond acceptors (Lipinski definition) is 5. The van der Waals surface area contributed by atoms with Gasteiger partial charge in [0.05, 0.1) is 20.4 Å². The molecule has 5 heteroatoms. The van der Waals surface area contributed by atoms with E-state index < -0.39 is 0 Å². The lowest BCUT2D eigenvalue weighted by atomic mass is 10.1. The van der Waals surface area contributed by atoms with E-state index in [9.17, 15) is 0 Å². The molecule has 2 aromatic rings. The van der Waals surface area contributed by atoms with Gasteiger partial charge >= 0.3 is 0 Å². The average molecular weight is 367 g/mol. The van der Waals surface area contributed by atoms with Crippen LogP contribution in [0.1, 0.15) is 22.3 Å². The van der Waals surface area contributed by atoms with Gasteiger partial charge in [-0.15, -0.1) is 0 Å². The van der Waals surface area contributed by atoms with Crippen molar-refractivity contribution in [1.82, 2.24) is 9.91 Å². The number of hydrogen-bond donors (Lipinski definition) is 0. The largest absolute Gasteiger partial charge is 0.497 e. The van der Waals surface area contributed by atoms with E-state index in [0.29, 0.717) is 0 Å². The molecule has 1 saturated heterocycles. The second kappa shape index (κ2) is 8.91. The molecule has 0 spiro atoms. The highest BCUT2D eigenvalue weighted by Gasteiger charge is 2.16. The van der Waals surface area contributed by atoms with Crippen LogP contribution in [0.2, 0.25) is 0 Å². The minimum Gasteiger partial charge on any atom is -0.497 e. The summed E-state index contributed by atoms with van der Waals surface area (Å²) in [5, 5.41) is 6.78. The summed E-state index contributed by atoms with van der Waals surface area (Å²) in [5.41, 5.74) is 5.04. The van der Waals surface area contributed by atoms with Gasteiger partial charge in [-0.3, -0.25) is 9.91 Å². The van der Waals surface area contributed by atoms with Crippen LogP contribution in [-0.2, 0) is 6.54 Å². The van der Waals surface area contributed by atoms with E-state index in [1.54, 1.807) is 14.2 Å². The third-order valence-corrected chi connectivity index (χ3v) is 5.04. The standard InChI is InChI=1S/C22H29N3O2/c1-17-5-6-19(18(2)13-17)16-24-9-11-25(12-10-24)23-15-20-14-21(26-3)7-8-22(20)27-4/h5-8,13-15H,9-12,16H2,1-4H3/b23-15+. The first kappa shape index (κ1) is 19.2. The molecular weight excluding hydrogens is 338 g/mol. The molecule has 0 saturated carbocycles. The molecule has 0 N–H and O–H groups in total. The van der Waals surface area contributed by atoms with Crippen molar-refractivity contribution in [3.05, 3.63) is 58.7 Å². The molecule has 0 aromatic heterocycles. The molecule has 0 bridgehead atoms. The van der Waals surface area contributed by atoms with Crippen LogP contribution >= 0.6 is 0 Å². The third kappa shape index (κ3) is 5.01. The van der Waals surface area contributed by atoms with Crippen molar-refractivity contribution in [1.29, 1.82) is 0 Å². The van der Waals surface area contributed by atoms with E-state index in [0.717, 1.165) is 49.8 Å². The Morgan fingerprint density at radius 3 is 2.41 bits per heavy atom. The van der Waals surface area contributed by atoms with Crippen molar-refractivity contribution in [2.45, 2.75) is 20.4 Å². The molecule has 1 fully saturated rings.